The molecule has 1 aliphatic heterocycles. The van der Waals surface area contributed by atoms with Gasteiger partial charge in [-0.2, -0.15) is 5.10 Å². The Morgan fingerprint density at radius 1 is 1.29 bits per heavy atom. The first-order chi connectivity index (χ1) is 10.2. The van der Waals surface area contributed by atoms with Crippen LogP contribution >= 0.6 is 0 Å². The summed E-state index contributed by atoms with van der Waals surface area (Å²) in [6, 6.07) is 5.19. The highest BCUT2D eigenvalue weighted by Gasteiger charge is 2.21. The van der Waals surface area contributed by atoms with E-state index in [0.29, 0.717) is 13.0 Å². The molecule has 2 aromatic heterocycles. The molecule has 3 heterocycles. The summed E-state index contributed by atoms with van der Waals surface area (Å²) >= 11 is 0. The lowest BCUT2D eigenvalue weighted by atomic mass is 10.1. The SMILES string of the molecule is O=C(NN1CCCCC1=O)c1cc(-n2cccn2)ccn1. The van der Waals surface area contributed by atoms with Gasteiger partial charge in [-0.3, -0.25) is 25.0 Å². The van der Waals surface area contributed by atoms with Gasteiger partial charge in [-0.25, -0.2) is 4.68 Å². The third-order valence-corrected chi connectivity index (χ3v) is 3.31. The van der Waals surface area contributed by atoms with Crippen LogP contribution in [0.5, 0.6) is 0 Å². The molecule has 21 heavy (non-hydrogen) atoms. The standard InChI is InChI=1S/C14H15N5O2/c20-13-4-1-2-8-19(13)17-14(21)12-10-11(5-7-15-12)18-9-3-6-16-18/h3,5-7,9-10H,1-2,4,8H2,(H,17,21). The van der Waals surface area contributed by atoms with Gasteiger partial charge in [0, 0.05) is 31.6 Å². The second kappa shape index (κ2) is 5.74. The number of hydrogen-bond acceptors (Lipinski definition) is 4. The number of piperidine rings is 1. The van der Waals surface area contributed by atoms with Crippen molar-refractivity contribution in [1.82, 2.24) is 25.2 Å². The number of nitrogens with one attached hydrogen (secondary N) is 1. The average Bonchev–Trinajstić information content (AvgIpc) is 3.04. The maximum atomic E-state index is 12.2. The molecule has 7 heteroatoms. The van der Waals surface area contributed by atoms with E-state index in [-0.39, 0.29) is 17.5 Å². The average molecular weight is 285 g/mol. The van der Waals surface area contributed by atoms with Gasteiger partial charge in [0.2, 0.25) is 5.91 Å². The van der Waals surface area contributed by atoms with Crippen molar-refractivity contribution >= 4 is 11.8 Å². The molecular weight excluding hydrogens is 270 g/mol. The van der Waals surface area contributed by atoms with Crippen molar-refractivity contribution in [1.29, 1.82) is 0 Å². The van der Waals surface area contributed by atoms with Crippen LogP contribution in [0.3, 0.4) is 0 Å². The van der Waals surface area contributed by atoms with Crippen LogP contribution in [0, 0.1) is 0 Å². The lowest BCUT2D eigenvalue weighted by molar-refractivity contribution is -0.135. The number of pyridine rings is 1. The lowest BCUT2D eigenvalue weighted by Crippen LogP contribution is -2.48. The lowest BCUT2D eigenvalue weighted by Gasteiger charge is -2.26. The van der Waals surface area contributed by atoms with E-state index < -0.39 is 0 Å². The quantitative estimate of drug-likeness (QED) is 0.909. The largest absolute Gasteiger partial charge is 0.288 e. The molecule has 108 valence electrons. The van der Waals surface area contributed by atoms with E-state index in [9.17, 15) is 9.59 Å². The fourth-order valence-corrected chi connectivity index (χ4v) is 2.21. The molecule has 2 amide bonds. The minimum atomic E-state index is -0.390. The van der Waals surface area contributed by atoms with E-state index in [2.05, 4.69) is 15.5 Å². The summed E-state index contributed by atoms with van der Waals surface area (Å²) < 4.78 is 1.64. The van der Waals surface area contributed by atoms with Crippen LogP contribution in [0.2, 0.25) is 0 Å². The van der Waals surface area contributed by atoms with Crippen molar-refractivity contribution in [2.24, 2.45) is 0 Å². The van der Waals surface area contributed by atoms with E-state index in [1.54, 1.807) is 41.5 Å². The summed E-state index contributed by atoms with van der Waals surface area (Å²) in [7, 11) is 0. The Morgan fingerprint density at radius 3 is 2.95 bits per heavy atom. The minimum Gasteiger partial charge on any atom is -0.273 e. The second-order valence-electron chi connectivity index (χ2n) is 4.79. The molecule has 0 unspecified atom stereocenters. The second-order valence-corrected chi connectivity index (χ2v) is 4.79. The van der Waals surface area contributed by atoms with E-state index >= 15 is 0 Å². The monoisotopic (exact) mass is 285 g/mol. The van der Waals surface area contributed by atoms with Gasteiger partial charge in [0.05, 0.1) is 5.69 Å². The van der Waals surface area contributed by atoms with Crippen LogP contribution in [0.4, 0.5) is 0 Å². The Kier molecular flexibility index (Phi) is 3.63. The predicted molar refractivity (Wildman–Crippen MR) is 74.4 cm³/mol. The highest BCUT2D eigenvalue weighted by Crippen LogP contribution is 2.10. The summed E-state index contributed by atoms with van der Waals surface area (Å²) in [5, 5.41) is 5.48. The molecule has 7 nitrogen and oxygen atoms in total. The van der Waals surface area contributed by atoms with Gasteiger partial charge in [0.25, 0.3) is 5.91 Å². The van der Waals surface area contributed by atoms with Gasteiger partial charge >= 0.3 is 0 Å². The van der Waals surface area contributed by atoms with Crippen molar-refractivity contribution in [3.05, 3.63) is 42.5 Å². The Morgan fingerprint density at radius 2 is 2.19 bits per heavy atom. The van der Waals surface area contributed by atoms with Crippen LogP contribution in [0.25, 0.3) is 5.69 Å². The molecule has 1 saturated heterocycles. The van der Waals surface area contributed by atoms with Crippen molar-refractivity contribution in [3.8, 4) is 5.69 Å². The number of carbonyl (C=O) groups excluding carboxylic acids is 2. The summed E-state index contributed by atoms with van der Waals surface area (Å²) in [5.41, 5.74) is 3.60. The highest BCUT2D eigenvalue weighted by atomic mass is 16.2. The van der Waals surface area contributed by atoms with Gasteiger partial charge in [-0.05, 0) is 31.0 Å². The Hall–Kier alpha value is -2.70. The normalized spacial score (nSPS) is 15.0. The van der Waals surface area contributed by atoms with E-state index in [1.807, 2.05) is 0 Å². The van der Waals surface area contributed by atoms with Gasteiger partial charge in [0.1, 0.15) is 5.69 Å². The Labute approximate surface area is 121 Å². The van der Waals surface area contributed by atoms with Gasteiger partial charge in [-0.15, -0.1) is 0 Å². The third kappa shape index (κ3) is 2.91. The molecule has 0 saturated carbocycles. The zero-order chi connectivity index (χ0) is 14.7. The number of hydrazine groups is 1. The minimum absolute atomic E-state index is 0.0576. The molecule has 1 fully saturated rings. The topological polar surface area (TPSA) is 80.1 Å². The maximum Gasteiger partial charge on any atom is 0.288 e. The number of nitrogens with zero attached hydrogens (tertiary/aromatic N) is 4. The van der Waals surface area contributed by atoms with Crippen LogP contribution in [-0.2, 0) is 4.79 Å². The Balaban J connectivity index is 1.75. The molecule has 2 aromatic rings. The summed E-state index contributed by atoms with van der Waals surface area (Å²) in [4.78, 5) is 27.9. The first-order valence-electron chi connectivity index (χ1n) is 6.81. The maximum absolute atomic E-state index is 12.2. The van der Waals surface area contributed by atoms with Crippen molar-refractivity contribution in [2.45, 2.75) is 19.3 Å². The third-order valence-electron chi connectivity index (χ3n) is 3.31. The molecule has 1 N–H and O–H groups in total. The predicted octanol–water partition coefficient (Wildman–Crippen LogP) is 0.925. The first kappa shape index (κ1) is 13.3. The number of rotatable bonds is 3. The molecule has 0 aliphatic carbocycles. The molecule has 0 atom stereocenters. The van der Waals surface area contributed by atoms with Crippen LogP contribution in [0.1, 0.15) is 29.8 Å². The fraction of sp³-hybridized carbons (Fsp3) is 0.286. The fourth-order valence-electron chi connectivity index (χ4n) is 2.21. The molecule has 1 aliphatic rings. The molecule has 0 bridgehead atoms. The number of carbonyl (C=O) groups is 2. The van der Waals surface area contributed by atoms with E-state index in [4.69, 9.17) is 0 Å². The van der Waals surface area contributed by atoms with Crippen molar-refractivity contribution in [3.63, 3.8) is 0 Å². The van der Waals surface area contributed by atoms with Crippen LogP contribution < -0.4 is 5.43 Å². The smallest absolute Gasteiger partial charge is 0.273 e. The summed E-state index contributed by atoms with van der Waals surface area (Å²) in [5.74, 6) is -0.447. The van der Waals surface area contributed by atoms with Crippen LogP contribution in [0.15, 0.2) is 36.8 Å². The van der Waals surface area contributed by atoms with Gasteiger partial charge in [-0.1, -0.05) is 0 Å². The zero-order valence-corrected chi connectivity index (χ0v) is 11.4. The summed E-state index contributed by atoms with van der Waals surface area (Å²) in [6.45, 7) is 0.545. The number of hydrogen-bond donors (Lipinski definition) is 1. The van der Waals surface area contributed by atoms with Gasteiger partial charge < -0.3 is 0 Å². The van der Waals surface area contributed by atoms with Crippen molar-refractivity contribution in [2.75, 3.05) is 6.54 Å². The number of amides is 2. The van der Waals surface area contributed by atoms with E-state index in [0.717, 1.165) is 18.5 Å². The van der Waals surface area contributed by atoms with E-state index in [1.165, 1.54) is 5.01 Å². The first-order valence-corrected chi connectivity index (χ1v) is 6.81. The molecule has 3 rings (SSSR count). The van der Waals surface area contributed by atoms with Crippen molar-refractivity contribution < 1.29 is 9.59 Å². The molecule has 0 radical (unpaired) electrons. The Bertz CT molecular complexity index is 653. The summed E-state index contributed by atoms with van der Waals surface area (Å²) in [6.07, 6.45) is 7.23. The van der Waals surface area contributed by atoms with Crippen LogP contribution in [-0.4, -0.2) is 38.1 Å². The molecular formula is C14H15N5O2. The number of aromatic nitrogens is 3. The highest BCUT2D eigenvalue weighted by molar-refractivity contribution is 5.94. The molecule has 0 aromatic carbocycles. The molecule has 0 spiro atoms. The zero-order valence-electron chi connectivity index (χ0n) is 11.4. The van der Waals surface area contributed by atoms with Gasteiger partial charge in [0.15, 0.2) is 0 Å².